The van der Waals surface area contributed by atoms with Crippen molar-refractivity contribution in [2.24, 2.45) is 5.92 Å². The van der Waals surface area contributed by atoms with Crippen molar-refractivity contribution in [2.75, 3.05) is 53.6 Å². The molecule has 17 heavy (non-hydrogen) atoms. The summed E-state index contributed by atoms with van der Waals surface area (Å²) in [5.74, 6) is 0.628. The van der Waals surface area contributed by atoms with Crippen LogP contribution in [0.5, 0.6) is 0 Å². The zero-order valence-electron chi connectivity index (χ0n) is 12.2. The van der Waals surface area contributed by atoms with Crippen molar-refractivity contribution in [1.29, 1.82) is 0 Å². The second-order valence-corrected chi connectivity index (χ2v) is 4.55. The molecule has 0 amide bonds. The van der Waals surface area contributed by atoms with E-state index in [9.17, 15) is 0 Å². The Balaban J connectivity index is 4.12. The Kier molecular flexibility index (Phi) is 10.9. The number of ether oxygens (including phenoxy) is 2. The highest BCUT2D eigenvalue weighted by Gasteiger charge is 2.19. The van der Waals surface area contributed by atoms with Crippen molar-refractivity contribution >= 4 is 0 Å². The van der Waals surface area contributed by atoms with Gasteiger partial charge in [0, 0.05) is 33.4 Å². The lowest BCUT2D eigenvalue weighted by Gasteiger charge is -2.33. The minimum atomic E-state index is 0.541. The van der Waals surface area contributed by atoms with E-state index in [0.717, 1.165) is 39.4 Å². The molecule has 0 radical (unpaired) electrons. The van der Waals surface area contributed by atoms with Gasteiger partial charge in [-0.2, -0.15) is 0 Å². The molecule has 0 aromatic rings. The van der Waals surface area contributed by atoms with Crippen LogP contribution in [0, 0.1) is 5.92 Å². The fourth-order valence-electron chi connectivity index (χ4n) is 1.84. The minimum Gasteiger partial charge on any atom is -0.383 e. The number of hydrogen-bond donors (Lipinski definition) is 1. The molecule has 0 aliphatic rings. The summed E-state index contributed by atoms with van der Waals surface area (Å²) in [7, 11) is 3.50. The predicted octanol–water partition coefficient (Wildman–Crippen LogP) is 1.22. The Bertz CT molecular complexity index is 159. The van der Waals surface area contributed by atoms with Crippen LogP contribution < -0.4 is 5.32 Å². The standard InChI is InChI=1S/C13H30N2O2/c1-6-14-11-12(2)13(3)15(7-9-16-4)8-10-17-5/h12-14H,6-11H2,1-5H3. The second-order valence-electron chi connectivity index (χ2n) is 4.55. The Hall–Kier alpha value is -0.160. The molecule has 104 valence electrons. The quantitative estimate of drug-likeness (QED) is 0.594. The van der Waals surface area contributed by atoms with Crippen LogP contribution in [0.25, 0.3) is 0 Å². The monoisotopic (exact) mass is 246 g/mol. The molecule has 4 heteroatoms. The van der Waals surface area contributed by atoms with E-state index < -0.39 is 0 Å². The summed E-state index contributed by atoms with van der Waals surface area (Å²) >= 11 is 0. The van der Waals surface area contributed by atoms with Crippen molar-refractivity contribution in [3.63, 3.8) is 0 Å². The van der Waals surface area contributed by atoms with Crippen molar-refractivity contribution in [1.82, 2.24) is 10.2 Å². The van der Waals surface area contributed by atoms with E-state index in [2.05, 4.69) is 31.0 Å². The molecule has 0 bridgehead atoms. The summed E-state index contributed by atoms with van der Waals surface area (Å²) in [5, 5.41) is 3.41. The third-order valence-corrected chi connectivity index (χ3v) is 3.28. The van der Waals surface area contributed by atoms with Crippen molar-refractivity contribution in [3.8, 4) is 0 Å². The van der Waals surface area contributed by atoms with Gasteiger partial charge < -0.3 is 14.8 Å². The van der Waals surface area contributed by atoms with Crippen LogP contribution in [-0.2, 0) is 9.47 Å². The summed E-state index contributed by atoms with van der Waals surface area (Å²) in [4.78, 5) is 2.44. The first-order valence-corrected chi connectivity index (χ1v) is 6.59. The molecule has 0 aromatic carbocycles. The Morgan fingerprint density at radius 1 is 1.06 bits per heavy atom. The van der Waals surface area contributed by atoms with Gasteiger partial charge in [0.05, 0.1) is 13.2 Å². The largest absolute Gasteiger partial charge is 0.383 e. The van der Waals surface area contributed by atoms with E-state index in [-0.39, 0.29) is 0 Å². The van der Waals surface area contributed by atoms with Gasteiger partial charge in [0.2, 0.25) is 0 Å². The lowest BCUT2D eigenvalue weighted by molar-refractivity contribution is 0.0752. The molecule has 1 N–H and O–H groups in total. The van der Waals surface area contributed by atoms with Gasteiger partial charge in [-0.1, -0.05) is 13.8 Å². The zero-order valence-corrected chi connectivity index (χ0v) is 12.2. The molecular formula is C13H30N2O2. The van der Waals surface area contributed by atoms with Gasteiger partial charge in [-0.3, -0.25) is 4.90 Å². The number of hydrogen-bond acceptors (Lipinski definition) is 4. The van der Waals surface area contributed by atoms with Gasteiger partial charge in [-0.05, 0) is 25.9 Å². The van der Waals surface area contributed by atoms with Crippen molar-refractivity contribution in [2.45, 2.75) is 26.8 Å². The van der Waals surface area contributed by atoms with E-state index in [1.54, 1.807) is 14.2 Å². The molecular weight excluding hydrogens is 216 g/mol. The molecule has 0 saturated carbocycles. The van der Waals surface area contributed by atoms with E-state index in [1.165, 1.54) is 0 Å². The third kappa shape index (κ3) is 7.71. The highest BCUT2D eigenvalue weighted by molar-refractivity contribution is 4.74. The molecule has 2 unspecified atom stereocenters. The summed E-state index contributed by atoms with van der Waals surface area (Å²) in [6.45, 7) is 12.3. The number of nitrogens with zero attached hydrogens (tertiary/aromatic N) is 1. The number of methoxy groups -OCH3 is 2. The predicted molar refractivity (Wildman–Crippen MR) is 72.5 cm³/mol. The van der Waals surface area contributed by atoms with Crippen molar-refractivity contribution < 1.29 is 9.47 Å². The zero-order chi connectivity index (χ0) is 13.1. The van der Waals surface area contributed by atoms with E-state index in [0.29, 0.717) is 12.0 Å². The average Bonchev–Trinajstić information content (AvgIpc) is 2.35. The summed E-state index contributed by atoms with van der Waals surface area (Å²) in [6.07, 6.45) is 0. The van der Waals surface area contributed by atoms with Crippen LogP contribution in [0.1, 0.15) is 20.8 Å². The van der Waals surface area contributed by atoms with E-state index >= 15 is 0 Å². The van der Waals surface area contributed by atoms with E-state index in [1.807, 2.05) is 0 Å². The second kappa shape index (κ2) is 11.0. The van der Waals surface area contributed by atoms with Gasteiger partial charge in [0.1, 0.15) is 0 Å². The third-order valence-electron chi connectivity index (χ3n) is 3.28. The average molecular weight is 246 g/mol. The maximum atomic E-state index is 5.17. The lowest BCUT2D eigenvalue weighted by Crippen LogP contribution is -2.44. The number of nitrogens with one attached hydrogen (secondary N) is 1. The van der Waals surface area contributed by atoms with Crippen LogP contribution >= 0.6 is 0 Å². The van der Waals surface area contributed by atoms with Gasteiger partial charge in [-0.25, -0.2) is 0 Å². The van der Waals surface area contributed by atoms with Gasteiger partial charge >= 0.3 is 0 Å². The fourth-order valence-corrected chi connectivity index (χ4v) is 1.84. The fraction of sp³-hybridized carbons (Fsp3) is 1.00. The van der Waals surface area contributed by atoms with Crippen LogP contribution in [0.15, 0.2) is 0 Å². The maximum absolute atomic E-state index is 5.17. The Morgan fingerprint density at radius 2 is 1.59 bits per heavy atom. The molecule has 2 atom stereocenters. The molecule has 0 saturated heterocycles. The highest BCUT2D eigenvalue weighted by Crippen LogP contribution is 2.10. The first-order valence-electron chi connectivity index (χ1n) is 6.59. The molecule has 0 aromatic heterocycles. The van der Waals surface area contributed by atoms with Crippen LogP contribution in [0.3, 0.4) is 0 Å². The first-order chi connectivity index (χ1) is 8.17. The molecule has 4 nitrogen and oxygen atoms in total. The topological polar surface area (TPSA) is 33.7 Å². The summed E-state index contributed by atoms with van der Waals surface area (Å²) in [6, 6.07) is 0.541. The Morgan fingerprint density at radius 3 is 2.00 bits per heavy atom. The number of rotatable bonds is 11. The summed E-state index contributed by atoms with van der Waals surface area (Å²) < 4.78 is 10.3. The van der Waals surface area contributed by atoms with Crippen LogP contribution in [0.4, 0.5) is 0 Å². The highest BCUT2D eigenvalue weighted by atomic mass is 16.5. The van der Waals surface area contributed by atoms with Crippen molar-refractivity contribution in [3.05, 3.63) is 0 Å². The summed E-state index contributed by atoms with van der Waals surface area (Å²) in [5.41, 5.74) is 0. The Labute approximate surface area is 107 Å². The molecule has 0 fully saturated rings. The first kappa shape index (κ1) is 16.8. The molecule has 0 heterocycles. The molecule has 0 rings (SSSR count). The van der Waals surface area contributed by atoms with Gasteiger partial charge in [0.25, 0.3) is 0 Å². The molecule has 0 aliphatic heterocycles. The minimum absolute atomic E-state index is 0.541. The van der Waals surface area contributed by atoms with Crippen LogP contribution in [0.2, 0.25) is 0 Å². The van der Waals surface area contributed by atoms with Crippen LogP contribution in [-0.4, -0.2) is 64.6 Å². The lowest BCUT2D eigenvalue weighted by atomic mass is 10.0. The van der Waals surface area contributed by atoms with Gasteiger partial charge in [0.15, 0.2) is 0 Å². The SMILES string of the molecule is CCNCC(C)C(C)N(CCOC)CCOC. The normalized spacial score (nSPS) is 15.2. The smallest absolute Gasteiger partial charge is 0.0589 e. The molecule has 0 aliphatic carbocycles. The van der Waals surface area contributed by atoms with E-state index in [4.69, 9.17) is 9.47 Å². The molecule has 0 spiro atoms. The maximum Gasteiger partial charge on any atom is 0.0589 e. The van der Waals surface area contributed by atoms with Gasteiger partial charge in [-0.15, -0.1) is 0 Å².